The first kappa shape index (κ1) is 21.2. The van der Waals surface area contributed by atoms with E-state index < -0.39 is 0 Å². The van der Waals surface area contributed by atoms with Gasteiger partial charge in [-0.3, -0.25) is 4.57 Å². The summed E-state index contributed by atoms with van der Waals surface area (Å²) in [5.74, 6) is 0.630. The van der Waals surface area contributed by atoms with Crippen molar-refractivity contribution in [1.29, 1.82) is 0 Å². The molecule has 0 aliphatic carbocycles. The Morgan fingerprint density at radius 3 is 1.58 bits per heavy atom. The highest BCUT2D eigenvalue weighted by molar-refractivity contribution is 6.18. The van der Waals surface area contributed by atoms with Gasteiger partial charge in [0, 0.05) is 38.4 Å². The van der Waals surface area contributed by atoms with Crippen molar-refractivity contribution < 1.29 is 11.0 Å². The second-order valence-corrected chi connectivity index (χ2v) is 11.9. The average Bonchev–Trinajstić information content (AvgIpc) is 3.82. The van der Waals surface area contributed by atoms with Crippen molar-refractivity contribution in [3.05, 3.63) is 176 Å². The molecular weight excluding hydrogens is 611 g/mol. The van der Waals surface area contributed by atoms with E-state index in [0.29, 0.717) is 28.5 Å². The van der Waals surface area contributed by atoms with E-state index in [-0.39, 0.29) is 97.9 Å². The van der Waals surface area contributed by atoms with Gasteiger partial charge in [0.25, 0.3) is 0 Å². The molecule has 3 heterocycles. The first-order valence-corrected chi connectivity index (χ1v) is 16.1. The van der Waals surface area contributed by atoms with Crippen LogP contribution in [0.2, 0.25) is 0 Å². The Kier molecular flexibility index (Phi) is 4.83. The third-order valence-corrected chi connectivity index (χ3v) is 8.88. The molecule has 5 heteroatoms. The Morgan fingerprint density at radius 1 is 0.400 bits per heavy atom. The molecule has 0 saturated carbocycles. The van der Waals surface area contributed by atoms with Crippen LogP contribution in [0, 0.1) is 0 Å². The smallest absolute Gasteiger partial charge is 0.238 e. The summed E-state index contributed by atoms with van der Waals surface area (Å²) in [5.41, 5.74) is 4.54. The quantitative estimate of drug-likeness (QED) is 0.187. The summed E-state index contributed by atoms with van der Waals surface area (Å²) >= 11 is 0. The predicted octanol–water partition coefficient (Wildman–Crippen LogP) is 11.1. The summed E-state index contributed by atoms with van der Waals surface area (Å²) in [5, 5.41) is 0.542. The van der Waals surface area contributed by atoms with E-state index in [1.807, 2.05) is 103 Å². The van der Waals surface area contributed by atoms with Crippen molar-refractivity contribution >= 4 is 43.6 Å². The molecule has 0 aliphatic rings. The monoisotopic (exact) mass is 647 g/mol. The fourth-order valence-electron chi connectivity index (χ4n) is 6.62. The molecule has 0 radical (unpaired) electrons. The maximum atomic E-state index is 10.0. The molecule has 0 unspecified atom stereocenters. The van der Waals surface area contributed by atoms with E-state index in [1.54, 1.807) is 16.7 Å². The van der Waals surface area contributed by atoms with Gasteiger partial charge in [0.2, 0.25) is 5.95 Å². The van der Waals surface area contributed by atoms with Crippen LogP contribution >= 0.6 is 0 Å². The van der Waals surface area contributed by atoms with Crippen LogP contribution in [0.15, 0.2) is 176 Å². The number of hydrogen-bond acceptors (Lipinski definition) is 3. The summed E-state index contributed by atoms with van der Waals surface area (Å²) in [6, 6.07) is 37.3. The maximum Gasteiger partial charge on any atom is 0.238 e. The maximum absolute atomic E-state index is 10.0. The van der Waals surface area contributed by atoms with E-state index >= 15 is 0 Å². The van der Waals surface area contributed by atoms with Crippen molar-refractivity contribution in [1.82, 2.24) is 24.1 Å². The topological polar surface area (TPSA) is 48.5 Å². The molecule has 0 spiro atoms. The van der Waals surface area contributed by atoms with Gasteiger partial charge in [-0.1, -0.05) is 133 Å². The van der Waals surface area contributed by atoms with Gasteiger partial charge in [-0.15, -0.1) is 0 Å². The van der Waals surface area contributed by atoms with Crippen molar-refractivity contribution in [3.63, 3.8) is 0 Å². The lowest BCUT2D eigenvalue weighted by atomic mass is 10.0. The van der Waals surface area contributed by atoms with Gasteiger partial charge in [-0.05, 0) is 53.5 Å². The number of nitrogens with zero attached hydrogens (tertiary/aromatic N) is 5. The zero-order valence-corrected chi connectivity index (χ0v) is 26.4. The first-order valence-electron chi connectivity index (χ1n) is 20.1. The van der Waals surface area contributed by atoms with E-state index in [4.69, 9.17) is 20.4 Å². The average molecular weight is 648 g/mol. The fourth-order valence-corrected chi connectivity index (χ4v) is 6.62. The first-order chi connectivity index (χ1) is 28.1. The van der Waals surface area contributed by atoms with Crippen molar-refractivity contribution in [2.45, 2.75) is 0 Å². The van der Waals surface area contributed by atoms with Crippen LogP contribution in [0.3, 0.4) is 0 Å². The summed E-state index contributed by atoms with van der Waals surface area (Å²) < 4.78 is 77.1. The van der Waals surface area contributed by atoms with Crippen LogP contribution < -0.4 is 0 Å². The Labute approximate surface area is 299 Å². The van der Waals surface area contributed by atoms with E-state index in [1.165, 1.54) is 16.7 Å². The van der Waals surface area contributed by atoms with Gasteiger partial charge in [-0.2, -0.15) is 9.97 Å². The Bertz CT molecular complexity index is 3310. The highest BCUT2D eigenvalue weighted by Gasteiger charge is 2.21. The zero-order valence-electron chi connectivity index (χ0n) is 34.4. The number of fused-ring (bicyclic) bond motifs is 6. The Morgan fingerprint density at radius 2 is 0.920 bits per heavy atom. The molecule has 10 rings (SSSR count). The SMILES string of the molecule is [2H]c1cc([2H])c2c(c1[2H])c1c([2H])c3c(c([2H])c1n2-c1ccccc1)c1c([2H])c([2H])cc([2H])c1n3-c1nc(-c2ccccc2)nc(-c2cccc(-c3ccccc3)c2)n1. The van der Waals surface area contributed by atoms with Gasteiger partial charge in [0.15, 0.2) is 11.6 Å². The van der Waals surface area contributed by atoms with Gasteiger partial charge >= 0.3 is 0 Å². The minimum absolute atomic E-state index is 0.0205. The molecule has 5 nitrogen and oxygen atoms in total. The van der Waals surface area contributed by atoms with Gasteiger partial charge in [-0.25, -0.2) is 4.98 Å². The molecule has 0 saturated heterocycles. The lowest BCUT2D eigenvalue weighted by molar-refractivity contribution is 0.954. The lowest BCUT2D eigenvalue weighted by Gasteiger charge is -2.12. The Hall–Kier alpha value is -6.85. The third-order valence-electron chi connectivity index (χ3n) is 8.88. The summed E-state index contributed by atoms with van der Waals surface area (Å²) in [6.45, 7) is 0. The fraction of sp³-hybridized carbons (Fsp3) is 0. The lowest BCUT2D eigenvalue weighted by Crippen LogP contribution is -2.06. The molecule has 0 fully saturated rings. The standard InChI is InChI=1S/C45H29N5/c1-4-15-30(16-5-1)32-19-14-20-33(27-32)44-46-43(31-17-6-2-7-18-31)47-45(48-44)50-40-26-13-11-24-36(40)38-28-41-37(29-42(38)50)35-23-10-12-25-39(35)49(41)34-21-8-3-9-22-34/h1-29H/i10D,11D,23D,24D,25D,26D,28D,29D. The number of hydrogen-bond donors (Lipinski definition) is 0. The molecule has 0 bridgehead atoms. The summed E-state index contributed by atoms with van der Waals surface area (Å²) in [4.78, 5) is 14.9. The predicted molar refractivity (Wildman–Crippen MR) is 205 cm³/mol. The summed E-state index contributed by atoms with van der Waals surface area (Å²) in [7, 11) is 0. The number of aromatic nitrogens is 5. The van der Waals surface area contributed by atoms with Crippen molar-refractivity contribution in [3.8, 4) is 45.5 Å². The highest BCUT2D eigenvalue weighted by atomic mass is 15.2. The minimum Gasteiger partial charge on any atom is -0.309 e. The molecule has 234 valence electrons. The molecule has 0 aliphatic heterocycles. The molecule has 0 N–H and O–H groups in total. The van der Waals surface area contributed by atoms with E-state index in [2.05, 4.69) is 0 Å². The summed E-state index contributed by atoms with van der Waals surface area (Å²) in [6.07, 6.45) is 0. The van der Waals surface area contributed by atoms with E-state index in [9.17, 15) is 5.48 Å². The van der Waals surface area contributed by atoms with Crippen molar-refractivity contribution in [2.24, 2.45) is 0 Å². The van der Waals surface area contributed by atoms with Crippen LogP contribution in [0.5, 0.6) is 0 Å². The largest absolute Gasteiger partial charge is 0.309 e. The van der Waals surface area contributed by atoms with E-state index in [0.717, 1.165) is 11.1 Å². The van der Waals surface area contributed by atoms with Crippen molar-refractivity contribution in [2.75, 3.05) is 0 Å². The van der Waals surface area contributed by atoms with Crippen LogP contribution in [-0.2, 0) is 0 Å². The zero-order chi connectivity index (χ0) is 40.0. The second-order valence-electron chi connectivity index (χ2n) is 11.9. The number of benzene rings is 7. The van der Waals surface area contributed by atoms with Gasteiger partial charge < -0.3 is 4.57 Å². The number of rotatable bonds is 5. The normalized spacial score (nSPS) is 13.8. The molecule has 0 atom stereocenters. The van der Waals surface area contributed by atoms with Gasteiger partial charge in [0.05, 0.1) is 33.0 Å². The minimum atomic E-state index is -0.242. The highest BCUT2D eigenvalue weighted by Crippen LogP contribution is 2.39. The second kappa shape index (κ2) is 11.4. The van der Waals surface area contributed by atoms with Crippen LogP contribution in [0.1, 0.15) is 11.0 Å². The molecular formula is C45H29N5. The third kappa shape index (κ3) is 4.52. The Balaban J connectivity index is 1.40. The molecule has 50 heavy (non-hydrogen) atoms. The van der Waals surface area contributed by atoms with Gasteiger partial charge in [0.1, 0.15) is 0 Å². The van der Waals surface area contributed by atoms with Crippen LogP contribution in [-0.4, -0.2) is 24.1 Å². The molecule has 3 aromatic heterocycles. The van der Waals surface area contributed by atoms with Crippen LogP contribution in [0.25, 0.3) is 89.2 Å². The molecule has 7 aromatic carbocycles. The van der Waals surface area contributed by atoms with Crippen LogP contribution in [0.4, 0.5) is 0 Å². The number of para-hydroxylation sites is 3. The molecule has 10 aromatic rings. The molecule has 0 amide bonds.